The number of halogens is 2. The first-order valence-electron chi connectivity index (χ1n) is 5.37. The van der Waals surface area contributed by atoms with E-state index in [0.29, 0.717) is 17.0 Å². The molecule has 1 aromatic rings. The van der Waals surface area contributed by atoms with Crippen LogP contribution in [-0.4, -0.2) is 17.3 Å². The van der Waals surface area contributed by atoms with Gasteiger partial charge in [-0.2, -0.15) is 0 Å². The van der Waals surface area contributed by atoms with Crippen molar-refractivity contribution >= 4 is 11.6 Å². The van der Waals surface area contributed by atoms with E-state index in [2.05, 4.69) is 0 Å². The van der Waals surface area contributed by atoms with E-state index < -0.39 is 5.60 Å². The highest BCUT2D eigenvalue weighted by Gasteiger charge is 2.25. The second-order valence-corrected chi connectivity index (χ2v) is 4.53. The lowest BCUT2D eigenvalue weighted by molar-refractivity contribution is 0.0391. The lowest BCUT2D eigenvalue weighted by Crippen LogP contribution is -2.40. The zero-order chi connectivity index (χ0) is 12.2. The van der Waals surface area contributed by atoms with Gasteiger partial charge < -0.3 is 10.8 Å². The molecule has 0 amide bonds. The Kier molecular flexibility index (Phi) is 4.71. The summed E-state index contributed by atoms with van der Waals surface area (Å²) in [5, 5.41) is 10.6. The minimum Gasteiger partial charge on any atom is -0.388 e. The monoisotopic (exact) mass is 245 g/mol. The highest BCUT2D eigenvalue weighted by molar-refractivity contribution is 6.30. The third kappa shape index (κ3) is 3.44. The smallest absolute Gasteiger partial charge is 0.126 e. The first-order valence-corrected chi connectivity index (χ1v) is 5.75. The number of aliphatic hydroxyl groups is 1. The number of hydrogen-bond donors (Lipinski definition) is 2. The molecule has 0 radical (unpaired) electrons. The Morgan fingerprint density at radius 2 is 2.19 bits per heavy atom. The lowest BCUT2D eigenvalue weighted by Gasteiger charge is -2.26. The van der Waals surface area contributed by atoms with Crippen molar-refractivity contribution in [2.24, 2.45) is 5.73 Å². The summed E-state index contributed by atoms with van der Waals surface area (Å²) >= 11 is 5.79. The summed E-state index contributed by atoms with van der Waals surface area (Å²) in [5.74, 6) is -0.354. The molecule has 16 heavy (non-hydrogen) atoms. The van der Waals surface area contributed by atoms with E-state index in [1.54, 1.807) is 0 Å². The molecule has 1 atom stereocenters. The zero-order valence-electron chi connectivity index (χ0n) is 9.34. The van der Waals surface area contributed by atoms with Gasteiger partial charge in [-0.25, -0.2) is 4.39 Å². The number of rotatable bonds is 5. The minimum atomic E-state index is -1.04. The van der Waals surface area contributed by atoms with Crippen molar-refractivity contribution in [3.63, 3.8) is 0 Å². The molecule has 0 aromatic heterocycles. The Balaban J connectivity index is 2.89. The summed E-state index contributed by atoms with van der Waals surface area (Å²) in [4.78, 5) is 0. The molecule has 0 spiro atoms. The van der Waals surface area contributed by atoms with Gasteiger partial charge in [0.1, 0.15) is 5.82 Å². The Hall–Kier alpha value is -0.640. The Morgan fingerprint density at radius 1 is 1.50 bits per heavy atom. The van der Waals surface area contributed by atoms with E-state index in [1.807, 2.05) is 6.92 Å². The van der Waals surface area contributed by atoms with Crippen LogP contribution in [-0.2, 0) is 6.42 Å². The maximum Gasteiger partial charge on any atom is 0.126 e. The first-order chi connectivity index (χ1) is 7.50. The van der Waals surface area contributed by atoms with Crippen molar-refractivity contribution in [3.05, 3.63) is 34.6 Å². The molecule has 3 N–H and O–H groups in total. The highest BCUT2D eigenvalue weighted by Crippen LogP contribution is 2.22. The third-order valence-corrected chi connectivity index (χ3v) is 2.86. The first kappa shape index (κ1) is 13.4. The van der Waals surface area contributed by atoms with Crippen LogP contribution in [0.1, 0.15) is 25.3 Å². The van der Waals surface area contributed by atoms with Crippen molar-refractivity contribution in [3.8, 4) is 0 Å². The van der Waals surface area contributed by atoms with Crippen molar-refractivity contribution in [1.29, 1.82) is 0 Å². The van der Waals surface area contributed by atoms with Crippen LogP contribution in [0.15, 0.2) is 18.2 Å². The second-order valence-electron chi connectivity index (χ2n) is 4.09. The predicted molar refractivity (Wildman–Crippen MR) is 64.0 cm³/mol. The van der Waals surface area contributed by atoms with Gasteiger partial charge in [0.05, 0.1) is 5.60 Å². The summed E-state index contributed by atoms with van der Waals surface area (Å²) in [5.41, 5.74) is 4.89. The van der Waals surface area contributed by atoms with E-state index in [1.165, 1.54) is 18.2 Å². The third-order valence-electron chi connectivity index (χ3n) is 2.62. The van der Waals surface area contributed by atoms with E-state index >= 15 is 0 Å². The van der Waals surface area contributed by atoms with Crippen molar-refractivity contribution in [2.45, 2.75) is 31.8 Å². The molecule has 0 bridgehead atoms. The summed E-state index contributed by atoms with van der Waals surface area (Å²) in [7, 11) is 0. The number of benzene rings is 1. The fourth-order valence-electron chi connectivity index (χ4n) is 1.76. The van der Waals surface area contributed by atoms with Gasteiger partial charge in [0, 0.05) is 18.0 Å². The van der Waals surface area contributed by atoms with Crippen molar-refractivity contribution < 1.29 is 9.50 Å². The topological polar surface area (TPSA) is 46.2 Å². The molecule has 1 aromatic carbocycles. The molecule has 0 fully saturated rings. The van der Waals surface area contributed by atoms with Crippen LogP contribution < -0.4 is 5.73 Å². The van der Waals surface area contributed by atoms with Crippen molar-refractivity contribution in [1.82, 2.24) is 0 Å². The maximum atomic E-state index is 13.5. The van der Waals surface area contributed by atoms with E-state index in [4.69, 9.17) is 17.3 Å². The van der Waals surface area contributed by atoms with Gasteiger partial charge in [0.25, 0.3) is 0 Å². The highest BCUT2D eigenvalue weighted by atomic mass is 35.5. The lowest BCUT2D eigenvalue weighted by atomic mass is 9.90. The molecule has 0 aliphatic rings. The van der Waals surface area contributed by atoms with Crippen LogP contribution in [0.25, 0.3) is 0 Å². The average Bonchev–Trinajstić information content (AvgIpc) is 2.24. The minimum absolute atomic E-state index is 0.118. The quantitative estimate of drug-likeness (QED) is 0.837. The normalized spacial score (nSPS) is 14.8. The van der Waals surface area contributed by atoms with Crippen LogP contribution in [0.3, 0.4) is 0 Å². The SMILES string of the molecule is CCCC(O)(CN)Cc1cc(Cl)ccc1F. The van der Waals surface area contributed by atoms with Gasteiger partial charge in [-0.3, -0.25) is 0 Å². The summed E-state index contributed by atoms with van der Waals surface area (Å²) < 4.78 is 13.5. The van der Waals surface area contributed by atoms with Crippen LogP contribution in [0.4, 0.5) is 4.39 Å². The summed E-state index contributed by atoms with van der Waals surface area (Å²) in [6, 6.07) is 4.33. The Morgan fingerprint density at radius 3 is 2.75 bits per heavy atom. The molecule has 0 heterocycles. The fourth-order valence-corrected chi connectivity index (χ4v) is 1.96. The Bertz CT molecular complexity index is 359. The Labute approximate surface area is 100 Å². The van der Waals surface area contributed by atoms with Crippen molar-refractivity contribution in [2.75, 3.05) is 6.54 Å². The molecule has 0 saturated carbocycles. The predicted octanol–water partition coefficient (Wildman–Crippen LogP) is 2.51. The van der Waals surface area contributed by atoms with Gasteiger partial charge in [-0.1, -0.05) is 24.9 Å². The maximum absolute atomic E-state index is 13.5. The van der Waals surface area contributed by atoms with Gasteiger partial charge >= 0.3 is 0 Å². The molecule has 0 saturated heterocycles. The number of hydrogen-bond acceptors (Lipinski definition) is 2. The molecular formula is C12H17ClFNO. The second kappa shape index (κ2) is 5.62. The van der Waals surface area contributed by atoms with Crippen LogP contribution >= 0.6 is 11.6 Å². The molecule has 90 valence electrons. The van der Waals surface area contributed by atoms with Gasteiger partial charge in [0.2, 0.25) is 0 Å². The summed E-state index contributed by atoms with van der Waals surface area (Å²) in [6.45, 7) is 2.07. The molecule has 2 nitrogen and oxygen atoms in total. The standard InChI is InChI=1S/C12H17ClFNO/c1-2-5-12(16,8-15)7-9-6-10(13)3-4-11(9)14/h3-4,6,16H,2,5,7-8,15H2,1H3. The summed E-state index contributed by atoms with van der Waals surface area (Å²) in [6.07, 6.45) is 1.55. The molecular weight excluding hydrogens is 229 g/mol. The van der Waals surface area contributed by atoms with Crippen LogP contribution in [0.5, 0.6) is 0 Å². The van der Waals surface area contributed by atoms with Crippen LogP contribution in [0.2, 0.25) is 5.02 Å². The zero-order valence-corrected chi connectivity index (χ0v) is 10.1. The van der Waals surface area contributed by atoms with E-state index in [0.717, 1.165) is 6.42 Å². The largest absolute Gasteiger partial charge is 0.388 e. The van der Waals surface area contributed by atoms with Gasteiger partial charge in [-0.15, -0.1) is 0 Å². The molecule has 1 rings (SSSR count). The molecule has 0 aliphatic carbocycles. The van der Waals surface area contributed by atoms with Gasteiger partial charge in [0.15, 0.2) is 0 Å². The van der Waals surface area contributed by atoms with E-state index in [9.17, 15) is 9.50 Å². The number of nitrogens with two attached hydrogens (primary N) is 1. The average molecular weight is 246 g/mol. The van der Waals surface area contributed by atoms with Crippen LogP contribution in [0, 0.1) is 5.82 Å². The fraction of sp³-hybridized carbons (Fsp3) is 0.500. The van der Waals surface area contributed by atoms with E-state index in [-0.39, 0.29) is 18.8 Å². The molecule has 1 unspecified atom stereocenters. The van der Waals surface area contributed by atoms with Gasteiger partial charge in [-0.05, 0) is 30.2 Å². The molecule has 4 heteroatoms. The molecule has 0 aliphatic heterocycles.